The van der Waals surface area contributed by atoms with Gasteiger partial charge in [-0.05, 0) is 83.6 Å². The number of rotatable bonds is 12. The predicted molar refractivity (Wildman–Crippen MR) is 138 cm³/mol. The summed E-state index contributed by atoms with van der Waals surface area (Å²) in [6, 6.07) is 13.8. The first-order valence-corrected chi connectivity index (χ1v) is 12.0. The highest BCUT2D eigenvalue weighted by molar-refractivity contribution is 5.90. The van der Waals surface area contributed by atoms with E-state index in [2.05, 4.69) is 52.8 Å². The van der Waals surface area contributed by atoms with E-state index >= 15 is 0 Å². The number of ether oxygens (including phenoxy) is 1. The molecule has 2 aromatic carbocycles. The molecule has 0 radical (unpaired) electrons. The first-order chi connectivity index (χ1) is 15.3. The fourth-order valence-electron chi connectivity index (χ4n) is 3.79. The molecule has 0 saturated carbocycles. The van der Waals surface area contributed by atoms with Crippen molar-refractivity contribution in [1.82, 2.24) is 0 Å². The van der Waals surface area contributed by atoms with Crippen molar-refractivity contribution in [3.8, 4) is 5.75 Å². The van der Waals surface area contributed by atoms with Gasteiger partial charge in [0.25, 0.3) is 0 Å². The first kappa shape index (κ1) is 25.6. The van der Waals surface area contributed by atoms with Crippen molar-refractivity contribution < 1.29 is 9.53 Å². The topological polar surface area (TPSA) is 26.3 Å². The van der Waals surface area contributed by atoms with Crippen molar-refractivity contribution in [1.29, 1.82) is 0 Å². The van der Waals surface area contributed by atoms with Gasteiger partial charge in [0.2, 0.25) is 0 Å². The van der Waals surface area contributed by atoms with Crippen LogP contribution in [0.25, 0.3) is 10.8 Å². The molecule has 0 amide bonds. The van der Waals surface area contributed by atoms with Gasteiger partial charge in [-0.15, -0.1) is 0 Å². The van der Waals surface area contributed by atoms with E-state index in [0.717, 1.165) is 49.3 Å². The van der Waals surface area contributed by atoms with Crippen LogP contribution < -0.4 is 4.74 Å². The molecule has 0 aliphatic heterocycles. The van der Waals surface area contributed by atoms with E-state index in [4.69, 9.17) is 4.74 Å². The summed E-state index contributed by atoms with van der Waals surface area (Å²) in [5.41, 5.74) is 4.31. The van der Waals surface area contributed by atoms with Crippen LogP contribution in [0.15, 0.2) is 77.4 Å². The maximum absolute atomic E-state index is 12.4. The molecule has 0 fully saturated rings. The Balaban J connectivity index is 1.70. The Morgan fingerprint density at radius 1 is 0.844 bits per heavy atom. The minimum atomic E-state index is -0.150. The van der Waals surface area contributed by atoms with E-state index < -0.39 is 0 Å². The highest BCUT2D eigenvalue weighted by Gasteiger charge is 2.12. The molecule has 2 aromatic rings. The third kappa shape index (κ3) is 9.68. The number of esters is 1. The average Bonchev–Trinajstić information content (AvgIpc) is 2.73. The molecule has 1 atom stereocenters. The molecule has 32 heavy (non-hydrogen) atoms. The minimum Gasteiger partial charge on any atom is -0.426 e. The smallest absolute Gasteiger partial charge is 0.311 e. The summed E-state index contributed by atoms with van der Waals surface area (Å²) in [6.45, 7) is 10.9. The first-order valence-electron chi connectivity index (χ1n) is 12.0. The fraction of sp³-hybridized carbons (Fsp3) is 0.433. The number of allylic oxidation sites excluding steroid dienone is 6. The molecule has 0 spiro atoms. The van der Waals surface area contributed by atoms with E-state index in [9.17, 15) is 4.79 Å². The molecule has 0 heterocycles. The SMILES string of the molecule is CC(C)=CCC/C(C)=C/CC/C(C)=C/CC[C@H](C)CC(=O)Oc1cccc2ccccc12. The average molecular weight is 433 g/mol. The number of benzene rings is 2. The van der Waals surface area contributed by atoms with E-state index in [1.54, 1.807) is 0 Å². The molecule has 0 unspecified atom stereocenters. The highest BCUT2D eigenvalue weighted by atomic mass is 16.5. The lowest BCUT2D eigenvalue weighted by Gasteiger charge is -2.11. The molecule has 0 N–H and O–H groups in total. The summed E-state index contributed by atoms with van der Waals surface area (Å²) >= 11 is 0. The standard InChI is InChI=1S/C30H40O2/c1-23(2)12-8-13-24(3)14-9-15-25(4)16-10-17-26(5)22-30(31)32-29-21-11-19-27-18-6-7-20-28(27)29/h6-7,11-12,14,16,18-21,26H,8-10,13,15,17,22H2,1-5H3/b24-14+,25-16+/t26-/m0/s1. The zero-order chi connectivity index (χ0) is 23.3. The van der Waals surface area contributed by atoms with Crippen molar-refractivity contribution >= 4 is 16.7 Å². The largest absolute Gasteiger partial charge is 0.426 e. The van der Waals surface area contributed by atoms with Gasteiger partial charge >= 0.3 is 5.97 Å². The van der Waals surface area contributed by atoms with Gasteiger partial charge in [-0.3, -0.25) is 4.79 Å². The van der Waals surface area contributed by atoms with E-state index in [0.29, 0.717) is 18.1 Å². The summed E-state index contributed by atoms with van der Waals surface area (Å²) in [5.74, 6) is 0.808. The Kier molecular flexibility index (Phi) is 11.0. The van der Waals surface area contributed by atoms with Crippen molar-refractivity contribution in [3.05, 3.63) is 77.4 Å². The lowest BCUT2D eigenvalue weighted by molar-refractivity contribution is -0.135. The summed E-state index contributed by atoms with van der Waals surface area (Å²) in [4.78, 5) is 12.4. The maximum Gasteiger partial charge on any atom is 0.311 e. The predicted octanol–water partition coefficient (Wildman–Crippen LogP) is 8.97. The number of carbonyl (C=O) groups excluding carboxylic acids is 1. The van der Waals surface area contributed by atoms with Gasteiger partial charge in [-0.1, -0.05) is 78.3 Å². The Bertz CT molecular complexity index is 952. The van der Waals surface area contributed by atoms with Crippen LogP contribution in [0, 0.1) is 5.92 Å². The van der Waals surface area contributed by atoms with Crippen LogP contribution in [0.1, 0.15) is 79.6 Å². The number of hydrogen-bond donors (Lipinski definition) is 0. The second kappa shape index (κ2) is 13.7. The van der Waals surface area contributed by atoms with Crippen molar-refractivity contribution in [3.63, 3.8) is 0 Å². The van der Waals surface area contributed by atoms with Crippen molar-refractivity contribution in [2.45, 2.75) is 79.6 Å². The van der Waals surface area contributed by atoms with Gasteiger partial charge in [0, 0.05) is 11.8 Å². The lowest BCUT2D eigenvalue weighted by Crippen LogP contribution is -2.12. The number of fused-ring (bicyclic) bond motifs is 1. The monoisotopic (exact) mass is 432 g/mol. The molecule has 0 aliphatic carbocycles. The third-order valence-electron chi connectivity index (χ3n) is 5.76. The van der Waals surface area contributed by atoms with Gasteiger partial charge in [-0.2, -0.15) is 0 Å². The normalized spacial score (nSPS) is 13.2. The van der Waals surface area contributed by atoms with Gasteiger partial charge in [0.1, 0.15) is 5.75 Å². The van der Waals surface area contributed by atoms with Crippen LogP contribution in [0.5, 0.6) is 5.75 Å². The quantitative estimate of drug-likeness (QED) is 0.190. The van der Waals surface area contributed by atoms with Crippen molar-refractivity contribution in [2.75, 3.05) is 0 Å². The van der Waals surface area contributed by atoms with E-state index in [-0.39, 0.29) is 5.97 Å². The molecule has 0 aromatic heterocycles. The summed E-state index contributed by atoms with van der Waals surface area (Å²) in [6.07, 6.45) is 14.0. The Morgan fingerprint density at radius 3 is 2.19 bits per heavy atom. The molecule has 2 rings (SSSR count). The zero-order valence-corrected chi connectivity index (χ0v) is 20.6. The van der Waals surface area contributed by atoms with Crippen LogP contribution in [0.4, 0.5) is 0 Å². The number of carbonyl (C=O) groups is 1. The zero-order valence-electron chi connectivity index (χ0n) is 20.6. The molecular formula is C30H40O2. The van der Waals surface area contributed by atoms with E-state index in [1.165, 1.54) is 16.7 Å². The summed E-state index contributed by atoms with van der Waals surface area (Å²) < 4.78 is 5.68. The fourth-order valence-corrected chi connectivity index (χ4v) is 3.79. The van der Waals surface area contributed by atoms with Gasteiger partial charge in [0.05, 0.1) is 0 Å². The van der Waals surface area contributed by atoms with Crippen LogP contribution in [-0.4, -0.2) is 5.97 Å². The molecular weight excluding hydrogens is 392 g/mol. The molecule has 172 valence electrons. The molecule has 0 bridgehead atoms. The number of hydrogen-bond acceptors (Lipinski definition) is 2. The molecule has 2 nitrogen and oxygen atoms in total. The van der Waals surface area contributed by atoms with Gasteiger partial charge in [-0.25, -0.2) is 0 Å². The second-order valence-electron chi connectivity index (χ2n) is 9.30. The Morgan fingerprint density at radius 2 is 1.47 bits per heavy atom. The summed E-state index contributed by atoms with van der Waals surface area (Å²) in [5, 5.41) is 2.07. The molecule has 0 saturated heterocycles. The van der Waals surface area contributed by atoms with Crippen LogP contribution >= 0.6 is 0 Å². The van der Waals surface area contributed by atoms with Crippen LogP contribution in [0.2, 0.25) is 0 Å². The minimum absolute atomic E-state index is 0.150. The van der Waals surface area contributed by atoms with Crippen LogP contribution in [0.3, 0.4) is 0 Å². The van der Waals surface area contributed by atoms with Crippen molar-refractivity contribution in [2.24, 2.45) is 5.92 Å². The Labute approximate surface area is 195 Å². The second-order valence-corrected chi connectivity index (χ2v) is 9.30. The van der Waals surface area contributed by atoms with Crippen LogP contribution in [-0.2, 0) is 4.79 Å². The maximum atomic E-state index is 12.4. The molecule has 0 aliphatic rings. The highest BCUT2D eigenvalue weighted by Crippen LogP contribution is 2.26. The van der Waals surface area contributed by atoms with Gasteiger partial charge < -0.3 is 4.74 Å². The van der Waals surface area contributed by atoms with E-state index in [1.807, 2.05) is 42.5 Å². The third-order valence-corrected chi connectivity index (χ3v) is 5.76. The summed E-state index contributed by atoms with van der Waals surface area (Å²) in [7, 11) is 0. The lowest BCUT2D eigenvalue weighted by atomic mass is 10.00. The Hall–Kier alpha value is -2.61. The van der Waals surface area contributed by atoms with Gasteiger partial charge in [0.15, 0.2) is 0 Å². The molecule has 2 heteroatoms.